The first-order valence-electron chi connectivity index (χ1n) is 7.59. The Morgan fingerprint density at radius 3 is 2.00 bits per heavy atom. The largest absolute Gasteiger partial charge is 0.316 e. The maximum Gasteiger partial charge on any atom is -0.00199 e. The molecule has 0 aliphatic rings. The Morgan fingerprint density at radius 1 is 0.947 bits per heavy atom. The molecule has 0 aliphatic heterocycles. The number of hydrogen-bond donors (Lipinski definition) is 1. The number of nitrogens with one attached hydrogen (secondary N) is 1. The highest BCUT2D eigenvalue weighted by Crippen LogP contribution is 2.22. The summed E-state index contributed by atoms with van der Waals surface area (Å²) in [7, 11) is 0. The summed E-state index contributed by atoms with van der Waals surface area (Å²) in [6, 6.07) is 9.15. The molecular formula is C18H31N. The molecule has 0 aromatic heterocycles. The van der Waals surface area contributed by atoms with Crippen molar-refractivity contribution < 1.29 is 0 Å². The monoisotopic (exact) mass is 261 g/mol. The topological polar surface area (TPSA) is 12.0 Å². The molecule has 1 unspecified atom stereocenters. The molecule has 108 valence electrons. The van der Waals surface area contributed by atoms with Crippen LogP contribution in [0.1, 0.15) is 52.7 Å². The molecule has 0 fully saturated rings. The minimum absolute atomic E-state index is 0.253. The smallest absolute Gasteiger partial charge is 0.00199 e. The van der Waals surface area contributed by atoms with E-state index in [0.29, 0.717) is 5.92 Å². The minimum atomic E-state index is 0.253. The van der Waals surface area contributed by atoms with E-state index in [1.165, 1.54) is 11.1 Å². The van der Waals surface area contributed by atoms with Gasteiger partial charge in [-0.25, -0.2) is 0 Å². The van der Waals surface area contributed by atoms with Gasteiger partial charge in [-0.2, -0.15) is 0 Å². The standard InChI is InChI=1S/C18H31N/c1-14(2)12-19-13-15(3)11-16-7-9-17(10-8-16)18(4,5)6/h7-10,14-15,19H,11-13H2,1-6H3. The van der Waals surface area contributed by atoms with Crippen LogP contribution in [-0.4, -0.2) is 13.1 Å². The number of hydrogen-bond acceptors (Lipinski definition) is 1. The third-order valence-corrected chi connectivity index (χ3v) is 3.45. The summed E-state index contributed by atoms with van der Waals surface area (Å²) in [4.78, 5) is 0. The Balaban J connectivity index is 2.44. The van der Waals surface area contributed by atoms with Gasteiger partial charge in [-0.1, -0.05) is 65.8 Å². The molecule has 1 aromatic carbocycles. The first kappa shape index (κ1) is 16.2. The SMILES string of the molecule is CC(C)CNCC(C)Cc1ccc(C(C)(C)C)cc1. The maximum atomic E-state index is 3.54. The molecular weight excluding hydrogens is 230 g/mol. The van der Waals surface area contributed by atoms with Crippen LogP contribution >= 0.6 is 0 Å². The van der Waals surface area contributed by atoms with E-state index in [1.54, 1.807) is 0 Å². The fourth-order valence-corrected chi connectivity index (χ4v) is 2.23. The van der Waals surface area contributed by atoms with Crippen molar-refractivity contribution in [3.8, 4) is 0 Å². The summed E-state index contributed by atoms with van der Waals surface area (Å²) in [5, 5.41) is 3.54. The first-order valence-corrected chi connectivity index (χ1v) is 7.59. The van der Waals surface area contributed by atoms with Gasteiger partial charge in [0.1, 0.15) is 0 Å². The van der Waals surface area contributed by atoms with Crippen molar-refractivity contribution >= 4 is 0 Å². The van der Waals surface area contributed by atoms with E-state index in [-0.39, 0.29) is 5.41 Å². The van der Waals surface area contributed by atoms with E-state index < -0.39 is 0 Å². The van der Waals surface area contributed by atoms with Gasteiger partial charge in [-0.15, -0.1) is 0 Å². The van der Waals surface area contributed by atoms with Crippen LogP contribution in [0.2, 0.25) is 0 Å². The van der Waals surface area contributed by atoms with Gasteiger partial charge in [-0.05, 0) is 47.9 Å². The van der Waals surface area contributed by atoms with Gasteiger partial charge in [0.15, 0.2) is 0 Å². The third kappa shape index (κ3) is 6.24. The third-order valence-electron chi connectivity index (χ3n) is 3.45. The van der Waals surface area contributed by atoms with Crippen LogP contribution in [0.4, 0.5) is 0 Å². The number of rotatable bonds is 6. The van der Waals surface area contributed by atoms with Crippen molar-refractivity contribution in [1.29, 1.82) is 0 Å². The lowest BCUT2D eigenvalue weighted by Crippen LogP contribution is -2.26. The summed E-state index contributed by atoms with van der Waals surface area (Å²) in [5.74, 6) is 1.43. The summed E-state index contributed by atoms with van der Waals surface area (Å²) in [5.41, 5.74) is 3.12. The minimum Gasteiger partial charge on any atom is -0.316 e. The Labute approximate surface area is 119 Å². The molecule has 0 spiro atoms. The van der Waals surface area contributed by atoms with Crippen molar-refractivity contribution in [2.24, 2.45) is 11.8 Å². The van der Waals surface area contributed by atoms with Crippen molar-refractivity contribution in [2.75, 3.05) is 13.1 Å². The van der Waals surface area contributed by atoms with Gasteiger partial charge in [-0.3, -0.25) is 0 Å². The summed E-state index contributed by atoms with van der Waals surface area (Å²) < 4.78 is 0. The van der Waals surface area contributed by atoms with Crippen LogP contribution < -0.4 is 5.32 Å². The summed E-state index contributed by atoms with van der Waals surface area (Å²) >= 11 is 0. The Hall–Kier alpha value is -0.820. The van der Waals surface area contributed by atoms with Crippen molar-refractivity contribution in [1.82, 2.24) is 5.32 Å². The van der Waals surface area contributed by atoms with Gasteiger partial charge in [0, 0.05) is 0 Å². The zero-order valence-corrected chi connectivity index (χ0v) is 13.6. The van der Waals surface area contributed by atoms with Crippen LogP contribution in [0, 0.1) is 11.8 Å². The van der Waals surface area contributed by atoms with Gasteiger partial charge < -0.3 is 5.32 Å². The van der Waals surface area contributed by atoms with Crippen molar-refractivity contribution in [3.05, 3.63) is 35.4 Å². The molecule has 0 bridgehead atoms. The van der Waals surface area contributed by atoms with Crippen molar-refractivity contribution in [3.63, 3.8) is 0 Å². The summed E-state index contributed by atoms with van der Waals surface area (Å²) in [6.07, 6.45) is 1.16. The normalized spacial score (nSPS) is 13.8. The molecule has 0 heterocycles. The second-order valence-corrected chi connectivity index (χ2v) is 7.31. The highest BCUT2D eigenvalue weighted by atomic mass is 14.9. The highest BCUT2D eigenvalue weighted by molar-refractivity contribution is 5.27. The van der Waals surface area contributed by atoms with Crippen LogP contribution in [0.3, 0.4) is 0 Å². The lowest BCUT2D eigenvalue weighted by molar-refractivity contribution is 0.473. The second kappa shape index (κ2) is 7.09. The predicted octanol–water partition coefficient (Wildman–Crippen LogP) is 4.41. The fourth-order valence-electron chi connectivity index (χ4n) is 2.23. The average molecular weight is 261 g/mol. The molecule has 0 saturated carbocycles. The van der Waals surface area contributed by atoms with Crippen LogP contribution in [0.25, 0.3) is 0 Å². The Bertz CT molecular complexity index is 356. The average Bonchev–Trinajstić information content (AvgIpc) is 2.27. The molecule has 1 nitrogen and oxygen atoms in total. The van der Waals surface area contributed by atoms with E-state index in [2.05, 4.69) is 71.1 Å². The fraction of sp³-hybridized carbons (Fsp3) is 0.667. The van der Waals surface area contributed by atoms with Crippen LogP contribution in [0.15, 0.2) is 24.3 Å². The number of benzene rings is 1. The lowest BCUT2D eigenvalue weighted by atomic mass is 9.86. The molecule has 0 amide bonds. The molecule has 1 aromatic rings. The molecule has 0 aliphatic carbocycles. The first-order chi connectivity index (χ1) is 8.79. The Morgan fingerprint density at radius 2 is 1.53 bits per heavy atom. The van der Waals surface area contributed by atoms with E-state index in [9.17, 15) is 0 Å². The zero-order chi connectivity index (χ0) is 14.5. The zero-order valence-electron chi connectivity index (χ0n) is 13.6. The summed E-state index contributed by atoms with van der Waals surface area (Å²) in [6.45, 7) is 15.9. The maximum absolute atomic E-state index is 3.54. The van der Waals surface area contributed by atoms with Gasteiger partial charge in [0.25, 0.3) is 0 Å². The molecule has 1 heteroatoms. The van der Waals surface area contributed by atoms with E-state index in [1.807, 2.05) is 0 Å². The molecule has 19 heavy (non-hydrogen) atoms. The quantitative estimate of drug-likeness (QED) is 0.800. The van der Waals surface area contributed by atoms with Gasteiger partial charge >= 0.3 is 0 Å². The Kier molecular flexibility index (Phi) is 6.06. The van der Waals surface area contributed by atoms with Crippen LogP contribution in [0.5, 0.6) is 0 Å². The van der Waals surface area contributed by atoms with E-state index in [0.717, 1.165) is 25.4 Å². The van der Waals surface area contributed by atoms with E-state index in [4.69, 9.17) is 0 Å². The highest BCUT2D eigenvalue weighted by Gasteiger charge is 2.13. The molecule has 0 saturated heterocycles. The van der Waals surface area contributed by atoms with Gasteiger partial charge in [0.2, 0.25) is 0 Å². The van der Waals surface area contributed by atoms with Gasteiger partial charge in [0.05, 0.1) is 0 Å². The molecule has 1 atom stereocenters. The second-order valence-electron chi connectivity index (χ2n) is 7.31. The lowest BCUT2D eigenvalue weighted by Gasteiger charge is -2.20. The molecule has 1 N–H and O–H groups in total. The van der Waals surface area contributed by atoms with E-state index >= 15 is 0 Å². The molecule has 1 rings (SSSR count). The predicted molar refractivity (Wildman–Crippen MR) is 85.7 cm³/mol. The van der Waals surface area contributed by atoms with Crippen LogP contribution in [-0.2, 0) is 11.8 Å². The van der Waals surface area contributed by atoms with Crippen molar-refractivity contribution in [2.45, 2.75) is 53.4 Å². The molecule has 0 radical (unpaired) electrons.